The van der Waals surface area contributed by atoms with Crippen molar-refractivity contribution >= 4 is 44.9 Å². The fourth-order valence-electron chi connectivity index (χ4n) is 2.62. The molecule has 1 aliphatic carbocycles. The highest BCUT2D eigenvalue weighted by Gasteiger charge is 2.32. The predicted molar refractivity (Wildman–Crippen MR) is 108 cm³/mol. The molecule has 4 rings (SSSR count). The summed E-state index contributed by atoms with van der Waals surface area (Å²) in [6.07, 6.45) is 7.34. The molecule has 28 heavy (non-hydrogen) atoms. The van der Waals surface area contributed by atoms with Crippen molar-refractivity contribution in [3.05, 3.63) is 50.9 Å². The third-order valence-corrected chi connectivity index (χ3v) is 6.06. The maximum absolute atomic E-state index is 12.1. The van der Waals surface area contributed by atoms with Gasteiger partial charge in [0.05, 0.1) is 4.91 Å². The van der Waals surface area contributed by atoms with Crippen LogP contribution >= 0.6 is 27.7 Å². The molecule has 2 fully saturated rings. The molecule has 1 saturated heterocycles. The number of thioether (sulfide) groups is 1. The van der Waals surface area contributed by atoms with Crippen molar-refractivity contribution in [3.8, 4) is 11.5 Å². The van der Waals surface area contributed by atoms with Gasteiger partial charge in [-0.25, -0.2) is 9.97 Å². The Hall–Kier alpha value is -2.39. The summed E-state index contributed by atoms with van der Waals surface area (Å²) in [5.41, 5.74) is 1.41. The highest BCUT2D eigenvalue weighted by atomic mass is 79.9. The number of rotatable bonds is 5. The molecule has 1 saturated carbocycles. The van der Waals surface area contributed by atoms with Gasteiger partial charge in [0.25, 0.3) is 11.1 Å². The van der Waals surface area contributed by atoms with E-state index in [0.29, 0.717) is 20.9 Å². The normalized spacial score (nSPS) is 18.2. The van der Waals surface area contributed by atoms with Gasteiger partial charge in [-0.05, 0) is 48.4 Å². The van der Waals surface area contributed by atoms with Crippen LogP contribution in [0.25, 0.3) is 6.08 Å². The zero-order chi connectivity index (χ0) is 19.8. The molecule has 2 amide bonds. The Morgan fingerprint density at radius 3 is 2.64 bits per heavy atom. The smallest absolute Gasteiger partial charge is 0.293 e. The molecule has 2 aliphatic rings. The SMILES string of the molecule is CN1C(=O)S/C(=C\c2cc(OCc3cnc(C4CC4)nc3)c(O)cc2Br)C1=O. The van der Waals surface area contributed by atoms with Crippen LogP contribution in [0.5, 0.6) is 11.5 Å². The van der Waals surface area contributed by atoms with E-state index in [0.717, 1.165) is 40.9 Å². The van der Waals surface area contributed by atoms with E-state index in [1.807, 2.05) is 0 Å². The number of likely N-dealkylation sites (N-methyl/N-ethyl adjacent to an activating group) is 1. The zero-order valence-electron chi connectivity index (χ0n) is 14.9. The summed E-state index contributed by atoms with van der Waals surface area (Å²) < 4.78 is 6.30. The number of carbonyl (C=O) groups excluding carboxylic acids is 2. The highest BCUT2D eigenvalue weighted by Crippen LogP contribution is 2.38. The quantitative estimate of drug-likeness (QED) is 0.670. The van der Waals surface area contributed by atoms with Crippen LogP contribution in [0.15, 0.2) is 33.9 Å². The molecule has 1 aromatic carbocycles. The summed E-state index contributed by atoms with van der Waals surface area (Å²) >= 11 is 4.24. The Labute approximate surface area is 173 Å². The summed E-state index contributed by atoms with van der Waals surface area (Å²) in [7, 11) is 1.44. The minimum Gasteiger partial charge on any atom is -0.504 e. The minimum atomic E-state index is -0.356. The third kappa shape index (κ3) is 3.90. The lowest BCUT2D eigenvalue weighted by Crippen LogP contribution is -2.22. The Kier molecular flexibility index (Phi) is 5.11. The Bertz CT molecular complexity index is 989. The van der Waals surface area contributed by atoms with E-state index in [1.54, 1.807) is 24.5 Å². The number of benzene rings is 1. The molecule has 144 valence electrons. The number of ether oxygens (including phenoxy) is 1. The number of phenolic OH excluding ortho intramolecular Hbond substituents is 1. The van der Waals surface area contributed by atoms with Crippen LogP contribution in [-0.4, -0.2) is 38.2 Å². The topological polar surface area (TPSA) is 92.6 Å². The molecule has 2 heterocycles. The predicted octanol–water partition coefficient (Wildman–Crippen LogP) is 4.07. The number of halogens is 1. The number of aromatic hydroxyl groups is 1. The summed E-state index contributed by atoms with van der Waals surface area (Å²) in [6, 6.07) is 3.10. The van der Waals surface area contributed by atoms with Gasteiger partial charge in [-0.3, -0.25) is 14.5 Å². The van der Waals surface area contributed by atoms with Crippen LogP contribution in [0.1, 0.15) is 35.7 Å². The van der Waals surface area contributed by atoms with Gasteiger partial charge >= 0.3 is 0 Å². The molecular formula is C19H16BrN3O4S. The first-order chi connectivity index (χ1) is 13.4. The first kappa shape index (κ1) is 18.9. The fraction of sp³-hybridized carbons (Fsp3) is 0.263. The van der Waals surface area contributed by atoms with E-state index < -0.39 is 0 Å². The van der Waals surface area contributed by atoms with E-state index in [2.05, 4.69) is 25.9 Å². The monoisotopic (exact) mass is 461 g/mol. The maximum Gasteiger partial charge on any atom is 0.293 e. The number of phenols is 1. The van der Waals surface area contributed by atoms with Gasteiger partial charge < -0.3 is 9.84 Å². The van der Waals surface area contributed by atoms with Crippen molar-refractivity contribution in [3.63, 3.8) is 0 Å². The van der Waals surface area contributed by atoms with Crippen LogP contribution in [0.3, 0.4) is 0 Å². The molecule has 0 bridgehead atoms. The van der Waals surface area contributed by atoms with Gasteiger partial charge in [-0.15, -0.1) is 0 Å². The van der Waals surface area contributed by atoms with Crippen LogP contribution in [0.4, 0.5) is 4.79 Å². The largest absolute Gasteiger partial charge is 0.504 e. The number of hydrogen-bond donors (Lipinski definition) is 1. The van der Waals surface area contributed by atoms with Crippen molar-refractivity contribution in [2.45, 2.75) is 25.4 Å². The van der Waals surface area contributed by atoms with Gasteiger partial charge in [0.2, 0.25) is 0 Å². The Morgan fingerprint density at radius 2 is 2.04 bits per heavy atom. The molecule has 0 atom stereocenters. The molecule has 1 aromatic heterocycles. The standard InChI is InChI=1S/C19H16BrN3O4S/c1-23-18(25)16(28-19(23)26)5-12-4-15(14(24)6-13(12)20)27-9-10-7-21-17(22-8-10)11-2-3-11/h4-8,11,24H,2-3,9H2,1H3/b16-5-. The second-order valence-corrected chi connectivity index (χ2v) is 8.44. The lowest BCUT2D eigenvalue weighted by atomic mass is 10.2. The highest BCUT2D eigenvalue weighted by molar-refractivity contribution is 9.10. The lowest BCUT2D eigenvalue weighted by molar-refractivity contribution is -0.121. The van der Waals surface area contributed by atoms with E-state index in [4.69, 9.17) is 4.74 Å². The average Bonchev–Trinajstić information content (AvgIpc) is 3.49. The van der Waals surface area contributed by atoms with Gasteiger partial charge in [-0.1, -0.05) is 15.9 Å². The maximum atomic E-state index is 12.1. The van der Waals surface area contributed by atoms with E-state index in [9.17, 15) is 14.7 Å². The van der Waals surface area contributed by atoms with E-state index >= 15 is 0 Å². The van der Waals surface area contributed by atoms with Gasteiger partial charge in [0.1, 0.15) is 12.4 Å². The number of amides is 2. The van der Waals surface area contributed by atoms with Gasteiger partial charge in [-0.2, -0.15) is 0 Å². The van der Waals surface area contributed by atoms with Crippen LogP contribution < -0.4 is 4.74 Å². The van der Waals surface area contributed by atoms with Crippen LogP contribution in [-0.2, 0) is 11.4 Å². The Morgan fingerprint density at radius 1 is 1.32 bits per heavy atom. The first-order valence-electron chi connectivity index (χ1n) is 8.60. The van der Waals surface area contributed by atoms with Crippen molar-refractivity contribution in [1.82, 2.24) is 14.9 Å². The second kappa shape index (κ2) is 7.56. The molecular weight excluding hydrogens is 446 g/mol. The number of imide groups is 1. The number of aromatic nitrogens is 2. The lowest BCUT2D eigenvalue weighted by Gasteiger charge is -2.11. The fourth-order valence-corrected chi connectivity index (χ4v) is 3.89. The molecule has 2 aromatic rings. The van der Waals surface area contributed by atoms with E-state index in [1.165, 1.54) is 13.1 Å². The van der Waals surface area contributed by atoms with Crippen molar-refractivity contribution in [2.75, 3.05) is 7.05 Å². The third-order valence-electron chi connectivity index (χ3n) is 4.41. The average molecular weight is 462 g/mol. The van der Waals surface area contributed by atoms with Crippen LogP contribution in [0.2, 0.25) is 0 Å². The van der Waals surface area contributed by atoms with Gasteiger partial charge in [0, 0.05) is 35.4 Å². The Balaban J connectivity index is 1.52. The second-order valence-electron chi connectivity index (χ2n) is 6.59. The molecule has 7 nitrogen and oxygen atoms in total. The number of carbonyl (C=O) groups is 2. The molecule has 0 unspecified atom stereocenters. The first-order valence-corrected chi connectivity index (χ1v) is 10.2. The molecule has 1 aliphatic heterocycles. The molecule has 0 spiro atoms. The van der Waals surface area contributed by atoms with Crippen molar-refractivity contribution in [1.29, 1.82) is 0 Å². The summed E-state index contributed by atoms with van der Waals surface area (Å²) in [5.74, 6) is 1.22. The van der Waals surface area contributed by atoms with Crippen molar-refractivity contribution < 1.29 is 19.4 Å². The summed E-state index contributed by atoms with van der Waals surface area (Å²) in [5, 5.41) is 9.85. The van der Waals surface area contributed by atoms with Gasteiger partial charge in [0.15, 0.2) is 11.5 Å². The van der Waals surface area contributed by atoms with E-state index in [-0.39, 0.29) is 29.3 Å². The van der Waals surface area contributed by atoms with Crippen LogP contribution in [0, 0.1) is 0 Å². The summed E-state index contributed by atoms with van der Waals surface area (Å²) in [6.45, 7) is 0.199. The molecule has 1 N–H and O–H groups in total. The molecule has 9 heteroatoms. The summed E-state index contributed by atoms with van der Waals surface area (Å²) in [4.78, 5) is 33.8. The number of nitrogens with zero attached hydrogens (tertiary/aromatic N) is 3. The van der Waals surface area contributed by atoms with Crippen molar-refractivity contribution in [2.24, 2.45) is 0 Å². The number of hydrogen-bond acceptors (Lipinski definition) is 7. The zero-order valence-corrected chi connectivity index (χ0v) is 17.3. The minimum absolute atomic E-state index is 0.0388. The molecule has 0 radical (unpaired) electrons.